The second-order valence-corrected chi connectivity index (χ2v) is 7.53. The minimum Gasteiger partial charge on any atom is -0.483 e. The maximum absolute atomic E-state index is 13.1. The standard InChI is InChI=1S/C25H23FN2O3/c1-17-5-2-3-6-18(17)15-28-14-13-21-22(25(28)30)7-4-8-23(21)31-16-24(29)27-20-11-9-19(26)10-12-20/h2-12H,13-16H2,1H3,(H,27,29). The second-order valence-electron chi connectivity index (χ2n) is 7.53. The molecule has 0 saturated heterocycles. The maximum atomic E-state index is 13.1. The molecule has 31 heavy (non-hydrogen) atoms. The quantitative estimate of drug-likeness (QED) is 0.648. The van der Waals surface area contributed by atoms with E-state index in [0.717, 1.165) is 16.7 Å². The van der Waals surface area contributed by atoms with Crippen LogP contribution in [0.25, 0.3) is 0 Å². The van der Waals surface area contributed by atoms with Gasteiger partial charge in [0, 0.05) is 29.9 Å². The van der Waals surface area contributed by atoms with Crippen LogP contribution in [0.5, 0.6) is 5.75 Å². The van der Waals surface area contributed by atoms with Crippen LogP contribution in [0.1, 0.15) is 27.0 Å². The minimum atomic E-state index is -0.369. The predicted molar refractivity (Wildman–Crippen MR) is 117 cm³/mol. The van der Waals surface area contributed by atoms with Crippen LogP contribution in [0.15, 0.2) is 66.7 Å². The van der Waals surface area contributed by atoms with E-state index in [1.54, 1.807) is 18.2 Å². The van der Waals surface area contributed by atoms with Gasteiger partial charge in [-0.15, -0.1) is 0 Å². The highest BCUT2D eigenvalue weighted by Gasteiger charge is 2.27. The van der Waals surface area contributed by atoms with E-state index in [1.807, 2.05) is 36.1 Å². The van der Waals surface area contributed by atoms with Crippen LogP contribution >= 0.6 is 0 Å². The molecule has 0 spiro atoms. The summed E-state index contributed by atoms with van der Waals surface area (Å²) in [4.78, 5) is 27.1. The normalized spacial score (nSPS) is 13.0. The summed E-state index contributed by atoms with van der Waals surface area (Å²) in [6.07, 6.45) is 0.655. The van der Waals surface area contributed by atoms with Crippen LogP contribution in [0.2, 0.25) is 0 Å². The highest BCUT2D eigenvalue weighted by molar-refractivity contribution is 5.97. The molecule has 1 aliphatic rings. The van der Waals surface area contributed by atoms with E-state index in [4.69, 9.17) is 4.74 Å². The van der Waals surface area contributed by atoms with Crippen LogP contribution in [0, 0.1) is 12.7 Å². The third-order valence-electron chi connectivity index (χ3n) is 5.39. The molecule has 0 radical (unpaired) electrons. The Morgan fingerprint density at radius 3 is 2.61 bits per heavy atom. The average molecular weight is 418 g/mol. The molecular weight excluding hydrogens is 395 g/mol. The number of nitrogens with one attached hydrogen (secondary N) is 1. The van der Waals surface area contributed by atoms with Gasteiger partial charge in [0.1, 0.15) is 11.6 Å². The number of nitrogens with zero attached hydrogens (tertiary/aromatic N) is 1. The molecule has 0 aliphatic carbocycles. The Morgan fingerprint density at radius 1 is 1.06 bits per heavy atom. The number of rotatable bonds is 6. The number of hydrogen-bond donors (Lipinski definition) is 1. The summed E-state index contributed by atoms with van der Waals surface area (Å²) in [5, 5.41) is 2.66. The summed E-state index contributed by atoms with van der Waals surface area (Å²) in [6.45, 7) is 2.99. The van der Waals surface area contributed by atoms with E-state index in [0.29, 0.717) is 36.5 Å². The first-order valence-electron chi connectivity index (χ1n) is 10.1. The maximum Gasteiger partial charge on any atom is 0.262 e. The lowest BCUT2D eigenvalue weighted by Gasteiger charge is -2.30. The molecule has 4 rings (SSSR count). The van der Waals surface area contributed by atoms with E-state index in [2.05, 4.69) is 5.32 Å². The number of halogens is 1. The summed E-state index contributed by atoms with van der Waals surface area (Å²) in [7, 11) is 0. The SMILES string of the molecule is Cc1ccccc1CN1CCc2c(OCC(=O)Nc3ccc(F)cc3)cccc2C1=O. The number of benzene rings is 3. The smallest absolute Gasteiger partial charge is 0.262 e. The van der Waals surface area contributed by atoms with Crippen LogP contribution in [-0.4, -0.2) is 29.9 Å². The molecule has 5 nitrogen and oxygen atoms in total. The average Bonchev–Trinajstić information content (AvgIpc) is 2.77. The molecule has 0 unspecified atom stereocenters. The lowest BCUT2D eigenvalue weighted by atomic mass is 9.97. The first-order valence-corrected chi connectivity index (χ1v) is 10.1. The Hall–Kier alpha value is -3.67. The third-order valence-corrected chi connectivity index (χ3v) is 5.39. The van der Waals surface area contributed by atoms with Gasteiger partial charge < -0.3 is 15.0 Å². The van der Waals surface area contributed by atoms with Gasteiger partial charge in [0.05, 0.1) is 0 Å². The largest absolute Gasteiger partial charge is 0.483 e. The van der Waals surface area contributed by atoms with Gasteiger partial charge in [-0.3, -0.25) is 9.59 Å². The predicted octanol–water partition coefficient (Wildman–Crippen LogP) is 4.35. The first-order chi connectivity index (χ1) is 15.0. The Kier molecular flexibility index (Phi) is 5.98. The topological polar surface area (TPSA) is 58.6 Å². The van der Waals surface area contributed by atoms with Gasteiger partial charge in [0.2, 0.25) is 0 Å². The lowest BCUT2D eigenvalue weighted by Crippen LogP contribution is -2.37. The highest BCUT2D eigenvalue weighted by Crippen LogP contribution is 2.29. The van der Waals surface area contributed by atoms with Crippen molar-refractivity contribution in [3.63, 3.8) is 0 Å². The van der Waals surface area contributed by atoms with Crippen LogP contribution < -0.4 is 10.1 Å². The summed E-state index contributed by atoms with van der Waals surface area (Å²) in [5.41, 5.74) is 4.21. The molecule has 0 fully saturated rings. The summed E-state index contributed by atoms with van der Waals surface area (Å²) in [6, 6.07) is 18.9. The summed E-state index contributed by atoms with van der Waals surface area (Å²) < 4.78 is 18.7. The molecule has 1 N–H and O–H groups in total. The molecule has 0 bridgehead atoms. The van der Waals surface area contributed by atoms with Crippen LogP contribution in [0.3, 0.4) is 0 Å². The fourth-order valence-corrected chi connectivity index (χ4v) is 3.70. The first kappa shape index (κ1) is 20.6. The molecular formula is C25H23FN2O3. The number of ether oxygens (including phenoxy) is 1. The molecule has 0 atom stereocenters. The molecule has 6 heteroatoms. The van der Waals surface area contributed by atoms with Crippen molar-refractivity contribution in [3.05, 3.63) is 94.8 Å². The highest BCUT2D eigenvalue weighted by atomic mass is 19.1. The number of carbonyl (C=O) groups excluding carboxylic acids is 2. The van der Waals surface area contributed by atoms with Gasteiger partial charge in [-0.1, -0.05) is 30.3 Å². The van der Waals surface area contributed by atoms with Crippen molar-refractivity contribution in [2.24, 2.45) is 0 Å². The summed E-state index contributed by atoms with van der Waals surface area (Å²) >= 11 is 0. The molecule has 3 aromatic carbocycles. The third kappa shape index (κ3) is 4.74. The van der Waals surface area contributed by atoms with E-state index >= 15 is 0 Å². The van der Waals surface area contributed by atoms with Gasteiger partial charge in [0.25, 0.3) is 11.8 Å². The van der Waals surface area contributed by atoms with Crippen molar-refractivity contribution >= 4 is 17.5 Å². The molecule has 158 valence electrons. The van der Waals surface area contributed by atoms with E-state index in [1.165, 1.54) is 24.3 Å². The van der Waals surface area contributed by atoms with Gasteiger partial charge in [0.15, 0.2) is 6.61 Å². The number of anilines is 1. The van der Waals surface area contributed by atoms with Crippen molar-refractivity contribution < 1.29 is 18.7 Å². The Morgan fingerprint density at radius 2 is 1.84 bits per heavy atom. The number of amides is 2. The Labute approximate surface area is 180 Å². The minimum absolute atomic E-state index is 0.0364. The van der Waals surface area contributed by atoms with Crippen LogP contribution in [-0.2, 0) is 17.8 Å². The molecule has 3 aromatic rings. The van der Waals surface area contributed by atoms with E-state index < -0.39 is 0 Å². The van der Waals surface area contributed by atoms with Gasteiger partial charge in [-0.2, -0.15) is 0 Å². The van der Waals surface area contributed by atoms with Crippen LogP contribution in [0.4, 0.5) is 10.1 Å². The molecule has 0 aromatic heterocycles. The number of hydrogen-bond acceptors (Lipinski definition) is 3. The van der Waals surface area contributed by atoms with Crippen molar-refractivity contribution in [1.82, 2.24) is 4.90 Å². The zero-order valence-electron chi connectivity index (χ0n) is 17.2. The van der Waals surface area contributed by atoms with Crippen molar-refractivity contribution in [3.8, 4) is 5.75 Å². The van der Waals surface area contributed by atoms with Gasteiger partial charge in [-0.25, -0.2) is 4.39 Å². The number of aryl methyl sites for hydroxylation is 1. The monoisotopic (exact) mass is 418 g/mol. The Balaban J connectivity index is 1.42. The van der Waals surface area contributed by atoms with Crippen molar-refractivity contribution in [2.45, 2.75) is 19.9 Å². The number of carbonyl (C=O) groups is 2. The molecule has 0 saturated carbocycles. The molecule has 1 aliphatic heterocycles. The van der Waals surface area contributed by atoms with Crippen molar-refractivity contribution in [2.75, 3.05) is 18.5 Å². The molecule has 2 amide bonds. The van der Waals surface area contributed by atoms with Crippen molar-refractivity contribution in [1.29, 1.82) is 0 Å². The summed E-state index contributed by atoms with van der Waals surface area (Å²) in [5.74, 6) is -0.222. The fraction of sp³-hybridized carbons (Fsp3) is 0.200. The zero-order valence-corrected chi connectivity index (χ0v) is 17.2. The fourth-order valence-electron chi connectivity index (χ4n) is 3.70. The Bertz CT molecular complexity index is 1110. The zero-order chi connectivity index (χ0) is 21.8. The lowest BCUT2D eigenvalue weighted by molar-refractivity contribution is -0.118. The van der Waals surface area contributed by atoms with E-state index in [9.17, 15) is 14.0 Å². The van der Waals surface area contributed by atoms with Gasteiger partial charge >= 0.3 is 0 Å². The molecule has 1 heterocycles. The van der Waals surface area contributed by atoms with E-state index in [-0.39, 0.29) is 24.2 Å². The van der Waals surface area contributed by atoms with Gasteiger partial charge in [-0.05, 0) is 60.9 Å². The number of fused-ring (bicyclic) bond motifs is 1. The second kappa shape index (κ2) is 9.00.